The summed E-state index contributed by atoms with van der Waals surface area (Å²) in [6.45, 7) is 1.77. The third-order valence-corrected chi connectivity index (χ3v) is 8.12. The highest BCUT2D eigenvalue weighted by molar-refractivity contribution is 7.91. The summed E-state index contributed by atoms with van der Waals surface area (Å²) in [7, 11) is -3.39. The van der Waals surface area contributed by atoms with Gasteiger partial charge in [-0.25, -0.2) is 17.6 Å². The summed E-state index contributed by atoms with van der Waals surface area (Å²) >= 11 is 0. The number of hydrogen-bond donors (Lipinski definition) is 2. The van der Waals surface area contributed by atoms with E-state index in [4.69, 9.17) is 8.83 Å². The number of halogens is 1. The first-order valence-corrected chi connectivity index (χ1v) is 12.8. The molecule has 5 rings (SSSR count). The summed E-state index contributed by atoms with van der Waals surface area (Å²) in [5.41, 5.74) is 2.80. The molecule has 2 aromatic heterocycles. The van der Waals surface area contributed by atoms with E-state index in [9.17, 15) is 27.5 Å². The lowest BCUT2D eigenvalue weighted by Gasteiger charge is -2.15. The van der Waals surface area contributed by atoms with Crippen molar-refractivity contribution in [3.05, 3.63) is 70.0 Å². The van der Waals surface area contributed by atoms with E-state index in [1.807, 2.05) is 6.07 Å². The Morgan fingerprint density at radius 2 is 1.89 bits per heavy atom. The number of sulfone groups is 1. The molecule has 0 radical (unpaired) electrons. The lowest BCUT2D eigenvalue weighted by atomic mass is 9.99. The average molecular weight is 500 g/mol. The van der Waals surface area contributed by atoms with E-state index in [0.717, 1.165) is 16.5 Å². The van der Waals surface area contributed by atoms with Crippen molar-refractivity contribution in [1.29, 1.82) is 0 Å². The van der Waals surface area contributed by atoms with Crippen LogP contribution in [0.2, 0.25) is 0 Å². The zero-order valence-electron chi connectivity index (χ0n) is 18.7. The van der Waals surface area contributed by atoms with E-state index in [1.54, 1.807) is 31.4 Å². The van der Waals surface area contributed by atoms with Crippen LogP contribution in [-0.2, 0) is 21.1 Å². The molecule has 1 amide bonds. The molecular formula is C25H22FNO7S. The number of amides is 1. The third-order valence-electron chi connectivity index (χ3n) is 6.41. The largest absolute Gasteiger partial charge is 0.464 e. The quantitative estimate of drug-likeness (QED) is 0.404. The molecule has 35 heavy (non-hydrogen) atoms. The van der Waals surface area contributed by atoms with Crippen LogP contribution in [0.5, 0.6) is 0 Å². The van der Waals surface area contributed by atoms with Crippen LogP contribution in [0.4, 0.5) is 4.39 Å². The van der Waals surface area contributed by atoms with Gasteiger partial charge < -0.3 is 19.3 Å². The first-order chi connectivity index (χ1) is 16.6. The smallest absolute Gasteiger partial charge is 0.339 e. The van der Waals surface area contributed by atoms with Crippen molar-refractivity contribution in [3.8, 4) is 11.1 Å². The Hall–Kier alpha value is -3.50. The Balaban J connectivity index is 1.43. The predicted octanol–water partition coefficient (Wildman–Crippen LogP) is 2.86. The highest BCUT2D eigenvalue weighted by atomic mass is 32.2. The molecule has 3 heterocycles. The van der Waals surface area contributed by atoms with Crippen LogP contribution < -0.4 is 10.9 Å². The average Bonchev–Trinajstić information content (AvgIpc) is 3.31. The Kier molecular flexibility index (Phi) is 5.72. The van der Waals surface area contributed by atoms with Gasteiger partial charge >= 0.3 is 5.63 Å². The van der Waals surface area contributed by atoms with Gasteiger partial charge in [0.2, 0.25) is 5.91 Å². The molecule has 4 aromatic rings. The lowest BCUT2D eigenvalue weighted by molar-refractivity contribution is -0.122. The maximum atomic E-state index is 13.3. The highest BCUT2D eigenvalue weighted by Gasteiger charge is 2.37. The number of rotatable bonds is 5. The summed E-state index contributed by atoms with van der Waals surface area (Å²) < 4.78 is 47.8. The molecule has 182 valence electrons. The van der Waals surface area contributed by atoms with Crippen LogP contribution in [0.3, 0.4) is 0 Å². The Morgan fingerprint density at radius 3 is 2.57 bits per heavy atom. The van der Waals surface area contributed by atoms with E-state index < -0.39 is 33.5 Å². The standard InChI is InChI=1S/C25H22FNO7S/c1-13-16(6-7-24(29)27-20-11-35(31,32)12-21(20)28)25(30)34-23-9-22-18(8-17(13)23)19(10-33-22)14-2-4-15(26)5-3-14/h2-5,8-10,20-21,28H,6-7,11-12H2,1H3,(H,27,29)/t20-,21-/m0/s1. The zero-order valence-corrected chi connectivity index (χ0v) is 19.5. The fourth-order valence-corrected chi connectivity index (χ4v) is 6.28. The van der Waals surface area contributed by atoms with Gasteiger partial charge in [0.1, 0.15) is 17.0 Å². The molecule has 0 aliphatic carbocycles. The first-order valence-electron chi connectivity index (χ1n) is 11.0. The Morgan fingerprint density at radius 1 is 1.14 bits per heavy atom. The molecule has 1 aliphatic heterocycles. The molecule has 1 fully saturated rings. The number of furan rings is 1. The summed E-state index contributed by atoms with van der Waals surface area (Å²) in [6, 6.07) is 8.64. The molecule has 0 unspecified atom stereocenters. The molecule has 2 N–H and O–H groups in total. The van der Waals surface area contributed by atoms with E-state index in [-0.39, 0.29) is 30.2 Å². The summed E-state index contributed by atoms with van der Waals surface area (Å²) in [5.74, 6) is -1.50. The van der Waals surface area contributed by atoms with Gasteiger partial charge in [-0.2, -0.15) is 0 Å². The van der Waals surface area contributed by atoms with E-state index >= 15 is 0 Å². The monoisotopic (exact) mass is 499 g/mol. The van der Waals surface area contributed by atoms with Crippen molar-refractivity contribution in [2.75, 3.05) is 11.5 Å². The van der Waals surface area contributed by atoms with Crippen LogP contribution in [0.15, 0.2) is 56.3 Å². The van der Waals surface area contributed by atoms with Crippen LogP contribution in [0.1, 0.15) is 17.5 Å². The van der Waals surface area contributed by atoms with Gasteiger partial charge in [-0.3, -0.25) is 4.79 Å². The van der Waals surface area contributed by atoms with Gasteiger partial charge in [-0.1, -0.05) is 12.1 Å². The molecular weight excluding hydrogens is 477 g/mol. The van der Waals surface area contributed by atoms with Crippen LogP contribution >= 0.6 is 0 Å². The number of hydrogen-bond acceptors (Lipinski definition) is 7. The number of carbonyl (C=O) groups is 1. The third kappa shape index (κ3) is 4.46. The van der Waals surface area contributed by atoms with Crippen molar-refractivity contribution in [3.63, 3.8) is 0 Å². The van der Waals surface area contributed by atoms with Gasteiger partial charge in [-0.05, 0) is 42.7 Å². The molecule has 2 aromatic carbocycles. The van der Waals surface area contributed by atoms with Gasteiger partial charge in [-0.15, -0.1) is 0 Å². The second-order valence-corrected chi connectivity index (χ2v) is 11.0. The molecule has 0 saturated carbocycles. The lowest BCUT2D eigenvalue weighted by Crippen LogP contribution is -2.42. The summed E-state index contributed by atoms with van der Waals surface area (Å²) in [6.07, 6.45) is 0.422. The molecule has 0 spiro atoms. The van der Waals surface area contributed by atoms with Crippen LogP contribution in [0.25, 0.3) is 33.1 Å². The number of aliphatic hydroxyl groups is 1. The minimum Gasteiger partial charge on any atom is -0.464 e. The minimum absolute atomic E-state index is 0.0742. The van der Waals surface area contributed by atoms with Gasteiger partial charge in [0, 0.05) is 34.4 Å². The first kappa shape index (κ1) is 23.3. The summed E-state index contributed by atoms with van der Waals surface area (Å²) in [4.78, 5) is 25.1. The van der Waals surface area contributed by atoms with Crippen molar-refractivity contribution >= 4 is 37.7 Å². The van der Waals surface area contributed by atoms with Gasteiger partial charge in [0.05, 0.1) is 29.9 Å². The number of aryl methyl sites for hydroxylation is 1. The molecule has 2 atom stereocenters. The minimum atomic E-state index is -3.39. The predicted molar refractivity (Wildman–Crippen MR) is 127 cm³/mol. The van der Waals surface area contributed by atoms with E-state index in [0.29, 0.717) is 27.7 Å². The van der Waals surface area contributed by atoms with Crippen molar-refractivity contribution in [2.45, 2.75) is 31.9 Å². The number of carbonyl (C=O) groups excluding carboxylic acids is 1. The maximum absolute atomic E-state index is 13.3. The van der Waals surface area contributed by atoms with Crippen molar-refractivity contribution < 1.29 is 31.5 Å². The second kappa shape index (κ2) is 8.62. The number of aliphatic hydroxyl groups excluding tert-OH is 1. The van der Waals surface area contributed by atoms with Crippen LogP contribution in [0, 0.1) is 12.7 Å². The topological polar surface area (TPSA) is 127 Å². The fraction of sp³-hybridized carbons (Fsp3) is 0.280. The highest BCUT2D eigenvalue weighted by Crippen LogP contribution is 2.34. The fourth-order valence-electron chi connectivity index (χ4n) is 4.54. The zero-order chi connectivity index (χ0) is 24.9. The van der Waals surface area contributed by atoms with E-state index in [1.165, 1.54) is 12.1 Å². The second-order valence-electron chi connectivity index (χ2n) is 8.81. The Labute approximate surface area is 199 Å². The molecule has 10 heteroatoms. The van der Waals surface area contributed by atoms with Gasteiger partial charge in [0.25, 0.3) is 0 Å². The normalized spacial score (nSPS) is 19.4. The Bertz CT molecular complexity index is 1620. The summed E-state index contributed by atoms with van der Waals surface area (Å²) in [5, 5.41) is 13.8. The van der Waals surface area contributed by atoms with E-state index in [2.05, 4.69) is 5.32 Å². The van der Waals surface area contributed by atoms with Crippen LogP contribution in [-0.4, -0.2) is 43.1 Å². The number of fused-ring (bicyclic) bond motifs is 2. The molecule has 1 aliphatic rings. The van der Waals surface area contributed by atoms with Gasteiger partial charge in [0.15, 0.2) is 9.84 Å². The van der Waals surface area contributed by atoms with Crippen molar-refractivity contribution in [1.82, 2.24) is 5.32 Å². The molecule has 8 nitrogen and oxygen atoms in total. The number of benzene rings is 2. The van der Waals surface area contributed by atoms with Crippen molar-refractivity contribution in [2.24, 2.45) is 0 Å². The molecule has 1 saturated heterocycles. The SMILES string of the molecule is Cc1c(CCC(=O)N[C@H]2CS(=O)(=O)C[C@@H]2O)c(=O)oc2cc3occ(-c4ccc(F)cc4)c3cc12. The number of nitrogens with one attached hydrogen (secondary N) is 1. The maximum Gasteiger partial charge on any atom is 0.339 e. The molecule has 0 bridgehead atoms.